The van der Waals surface area contributed by atoms with Gasteiger partial charge in [0.25, 0.3) is 0 Å². The van der Waals surface area contributed by atoms with Gasteiger partial charge in [0.2, 0.25) is 5.91 Å². The maximum absolute atomic E-state index is 12.6. The number of methoxy groups -OCH3 is 1. The van der Waals surface area contributed by atoms with Gasteiger partial charge in [0.1, 0.15) is 6.04 Å². The Morgan fingerprint density at radius 2 is 2.20 bits per heavy atom. The zero-order valence-electron chi connectivity index (χ0n) is 12.5. The zero-order valence-corrected chi connectivity index (χ0v) is 12.5. The maximum Gasteiger partial charge on any atom is 0.407 e. The number of carbonyl (C=O) groups is 2. The summed E-state index contributed by atoms with van der Waals surface area (Å²) in [6, 6.07) is -0.395. The molecule has 1 aliphatic heterocycles. The van der Waals surface area contributed by atoms with Crippen molar-refractivity contribution >= 4 is 12.0 Å². The summed E-state index contributed by atoms with van der Waals surface area (Å²) in [5.74, 6) is -0.0334. The second kappa shape index (κ2) is 7.77. The van der Waals surface area contributed by atoms with Gasteiger partial charge >= 0.3 is 6.09 Å². The first-order valence-electron chi connectivity index (χ1n) is 7.00. The molecule has 1 heterocycles. The minimum absolute atomic E-state index is 0.00946. The molecule has 20 heavy (non-hydrogen) atoms. The summed E-state index contributed by atoms with van der Waals surface area (Å²) in [6.07, 6.45) is 3.01. The number of amides is 2. The van der Waals surface area contributed by atoms with Gasteiger partial charge in [-0.05, 0) is 25.0 Å². The van der Waals surface area contributed by atoms with Gasteiger partial charge in [0.15, 0.2) is 0 Å². The Morgan fingerprint density at radius 3 is 2.75 bits per heavy atom. The number of likely N-dealkylation sites (tertiary alicyclic amines) is 1. The summed E-state index contributed by atoms with van der Waals surface area (Å²) in [7, 11) is 1.30. The molecule has 1 fully saturated rings. The largest absolute Gasteiger partial charge is 0.453 e. The molecule has 0 aromatic heterocycles. The van der Waals surface area contributed by atoms with E-state index in [4.69, 9.17) is 0 Å². The van der Waals surface area contributed by atoms with Crippen LogP contribution in [0.4, 0.5) is 4.79 Å². The van der Waals surface area contributed by atoms with Crippen molar-refractivity contribution in [3.8, 4) is 0 Å². The van der Waals surface area contributed by atoms with E-state index in [2.05, 4.69) is 21.9 Å². The van der Waals surface area contributed by atoms with Crippen molar-refractivity contribution in [1.29, 1.82) is 0 Å². The molecular formula is C14H25N3O3. The van der Waals surface area contributed by atoms with Gasteiger partial charge in [0, 0.05) is 19.1 Å². The summed E-state index contributed by atoms with van der Waals surface area (Å²) in [4.78, 5) is 25.8. The lowest BCUT2D eigenvalue weighted by Gasteiger charge is -2.30. The SMILES string of the molecule is C=CNC[C@@H]1CCCN1C(=O)[C@@H](NC(=O)OC)C(C)C. The molecule has 0 aromatic carbocycles. The van der Waals surface area contributed by atoms with Gasteiger partial charge in [-0.2, -0.15) is 0 Å². The molecule has 1 rings (SSSR count). The molecule has 114 valence electrons. The average Bonchev–Trinajstić information content (AvgIpc) is 2.89. The van der Waals surface area contributed by atoms with Gasteiger partial charge in [-0.3, -0.25) is 4.79 Å². The van der Waals surface area contributed by atoms with Crippen molar-refractivity contribution in [2.24, 2.45) is 5.92 Å². The van der Waals surface area contributed by atoms with Crippen molar-refractivity contribution in [1.82, 2.24) is 15.5 Å². The van der Waals surface area contributed by atoms with Crippen LogP contribution in [0, 0.1) is 5.92 Å². The third kappa shape index (κ3) is 4.15. The van der Waals surface area contributed by atoms with E-state index < -0.39 is 12.1 Å². The van der Waals surface area contributed by atoms with E-state index in [1.54, 1.807) is 6.20 Å². The molecule has 2 amide bonds. The highest BCUT2D eigenvalue weighted by Crippen LogP contribution is 2.19. The van der Waals surface area contributed by atoms with E-state index in [1.165, 1.54) is 7.11 Å². The molecule has 6 nitrogen and oxygen atoms in total. The fourth-order valence-corrected chi connectivity index (χ4v) is 2.44. The molecule has 0 unspecified atom stereocenters. The highest BCUT2D eigenvalue weighted by atomic mass is 16.5. The smallest absolute Gasteiger partial charge is 0.407 e. The summed E-state index contributed by atoms with van der Waals surface area (Å²) >= 11 is 0. The lowest BCUT2D eigenvalue weighted by molar-refractivity contribution is -0.135. The van der Waals surface area contributed by atoms with Crippen LogP contribution in [0.25, 0.3) is 0 Å². The summed E-state index contributed by atoms with van der Waals surface area (Å²) in [5, 5.41) is 5.68. The van der Waals surface area contributed by atoms with E-state index in [0.29, 0.717) is 6.54 Å². The topological polar surface area (TPSA) is 70.7 Å². The van der Waals surface area contributed by atoms with Crippen molar-refractivity contribution in [2.45, 2.75) is 38.8 Å². The molecule has 0 saturated carbocycles. The van der Waals surface area contributed by atoms with Crippen LogP contribution in [0.5, 0.6) is 0 Å². The van der Waals surface area contributed by atoms with Gasteiger partial charge in [0.05, 0.1) is 7.11 Å². The van der Waals surface area contributed by atoms with Crippen LogP contribution in [-0.4, -0.2) is 49.2 Å². The fraction of sp³-hybridized carbons (Fsp3) is 0.714. The number of hydrogen-bond acceptors (Lipinski definition) is 4. The van der Waals surface area contributed by atoms with Crippen molar-refractivity contribution in [3.05, 3.63) is 12.8 Å². The number of nitrogens with zero attached hydrogens (tertiary/aromatic N) is 1. The molecule has 0 bridgehead atoms. The Labute approximate surface area is 120 Å². The average molecular weight is 283 g/mol. The minimum Gasteiger partial charge on any atom is -0.453 e. The second-order valence-corrected chi connectivity index (χ2v) is 5.30. The van der Waals surface area contributed by atoms with Gasteiger partial charge < -0.3 is 20.3 Å². The van der Waals surface area contributed by atoms with Gasteiger partial charge in [-0.25, -0.2) is 4.79 Å². The molecule has 2 atom stereocenters. The molecule has 1 saturated heterocycles. The Hall–Kier alpha value is -1.72. The number of alkyl carbamates (subject to hydrolysis) is 1. The fourth-order valence-electron chi connectivity index (χ4n) is 2.44. The molecule has 2 N–H and O–H groups in total. The van der Waals surface area contributed by atoms with Crippen molar-refractivity contribution in [3.63, 3.8) is 0 Å². The molecule has 0 aromatic rings. The van der Waals surface area contributed by atoms with Crippen LogP contribution in [0.2, 0.25) is 0 Å². The van der Waals surface area contributed by atoms with Crippen LogP contribution in [0.3, 0.4) is 0 Å². The molecule has 0 radical (unpaired) electrons. The number of ether oxygens (including phenoxy) is 1. The first-order chi connectivity index (χ1) is 9.51. The monoisotopic (exact) mass is 283 g/mol. The summed E-state index contributed by atoms with van der Waals surface area (Å²) in [6.45, 7) is 8.86. The summed E-state index contributed by atoms with van der Waals surface area (Å²) < 4.78 is 4.59. The lowest BCUT2D eigenvalue weighted by Crippen LogP contribution is -2.53. The van der Waals surface area contributed by atoms with Crippen LogP contribution in [-0.2, 0) is 9.53 Å². The summed E-state index contributed by atoms with van der Waals surface area (Å²) in [5.41, 5.74) is 0. The van der Waals surface area contributed by atoms with E-state index in [0.717, 1.165) is 19.4 Å². The highest BCUT2D eigenvalue weighted by molar-refractivity contribution is 5.86. The molecule has 0 aliphatic carbocycles. The van der Waals surface area contributed by atoms with E-state index in [9.17, 15) is 9.59 Å². The quantitative estimate of drug-likeness (QED) is 0.765. The van der Waals surface area contributed by atoms with E-state index >= 15 is 0 Å². The number of hydrogen-bond donors (Lipinski definition) is 2. The van der Waals surface area contributed by atoms with Gasteiger partial charge in [-0.1, -0.05) is 20.4 Å². The second-order valence-electron chi connectivity index (χ2n) is 5.30. The van der Waals surface area contributed by atoms with Crippen molar-refractivity contribution in [2.75, 3.05) is 20.2 Å². The minimum atomic E-state index is -0.572. The lowest BCUT2D eigenvalue weighted by atomic mass is 10.0. The highest BCUT2D eigenvalue weighted by Gasteiger charge is 2.35. The normalized spacial score (nSPS) is 19.6. The predicted molar refractivity (Wildman–Crippen MR) is 77.1 cm³/mol. The number of carbonyl (C=O) groups excluding carboxylic acids is 2. The number of rotatable bonds is 6. The number of nitrogens with one attached hydrogen (secondary N) is 2. The van der Waals surface area contributed by atoms with Crippen LogP contribution < -0.4 is 10.6 Å². The third-order valence-corrected chi connectivity index (χ3v) is 3.55. The Morgan fingerprint density at radius 1 is 1.50 bits per heavy atom. The predicted octanol–water partition coefficient (Wildman–Crippen LogP) is 1.09. The molecule has 6 heteroatoms. The van der Waals surface area contributed by atoms with Crippen LogP contribution in [0.15, 0.2) is 12.8 Å². The first kappa shape index (κ1) is 16.3. The first-order valence-corrected chi connectivity index (χ1v) is 7.00. The Balaban J connectivity index is 2.72. The van der Waals surface area contributed by atoms with E-state index in [1.807, 2.05) is 18.7 Å². The molecule has 1 aliphatic rings. The molecule has 0 spiro atoms. The van der Waals surface area contributed by atoms with Crippen molar-refractivity contribution < 1.29 is 14.3 Å². The Bertz CT molecular complexity index is 358. The van der Waals surface area contributed by atoms with E-state index in [-0.39, 0.29) is 17.9 Å². The Kier molecular flexibility index (Phi) is 6.35. The third-order valence-electron chi connectivity index (χ3n) is 3.55. The standard InChI is InChI=1S/C14H25N3O3/c1-5-15-9-11-7-6-8-17(11)13(18)12(10(2)3)16-14(19)20-4/h5,10-12,15H,1,6-9H2,2-4H3,(H,16,19)/t11-,12-/m0/s1. The van der Waals surface area contributed by atoms with Crippen LogP contribution in [0.1, 0.15) is 26.7 Å². The van der Waals surface area contributed by atoms with Gasteiger partial charge in [-0.15, -0.1) is 0 Å². The zero-order chi connectivity index (χ0) is 15.1. The molecular weight excluding hydrogens is 258 g/mol. The maximum atomic E-state index is 12.6. The van der Waals surface area contributed by atoms with Crippen LogP contribution >= 0.6 is 0 Å².